The zero-order valence-corrected chi connectivity index (χ0v) is 28.1. The van der Waals surface area contributed by atoms with Gasteiger partial charge in [-0.05, 0) is 25.3 Å². The average Bonchev–Trinajstić information content (AvgIpc) is 2.99. The Kier molecular flexibility index (Phi) is 14.4. The number of hydrogen-bond donors (Lipinski definition) is 4. The summed E-state index contributed by atoms with van der Waals surface area (Å²) in [6.07, 6.45) is -3.04. The average molecular weight is 673 g/mol. The molecule has 17 heteroatoms. The molecule has 2 rings (SSSR count). The summed E-state index contributed by atoms with van der Waals surface area (Å²) < 4.78 is 43.4. The van der Waals surface area contributed by atoms with Crippen molar-refractivity contribution >= 4 is 37.8 Å². The molecule has 1 saturated heterocycles. The van der Waals surface area contributed by atoms with Crippen LogP contribution in [-0.4, -0.2) is 81.3 Å². The lowest BCUT2D eigenvalue weighted by atomic mass is 9.87. The number of carbonyl (C=O) groups is 5. The number of ether oxygens (including phenoxy) is 3. The molecule has 0 aliphatic carbocycles. The number of methoxy groups -OCH3 is 1. The van der Waals surface area contributed by atoms with Crippen LogP contribution < -0.4 is 21.3 Å². The second-order valence-corrected chi connectivity index (χ2v) is 13.8. The molecule has 1 aliphatic heterocycles. The fraction of sp³-hybridized carbons (Fsp3) is 0.621. The van der Waals surface area contributed by atoms with Crippen LogP contribution in [0.15, 0.2) is 30.3 Å². The van der Waals surface area contributed by atoms with Crippen molar-refractivity contribution < 1.29 is 56.3 Å². The molecule has 16 nitrogen and oxygen atoms in total. The van der Waals surface area contributed by atoms with Crippen molar-refractivity contribution in [1.82, 2.24) is 21.3 Å². The Hall–Kier alpha value is -3.72. The Bertz CT molecular complexity index is 1260. The van der Waals surface area contributed by atoms with Gasteiger partial charge in [0.05, 0.1) is 25.7 Å². The van der Waals surface area contributed by atoms with Crippen molar-refractivity contribution in [2.75, 3.05) is 33.6 Å². The summed E-state index contributed by atoms with van der Waals surface area (Å²) in [6, 6.07) is 8.18. The largest absolute Gasteiger partial charge is 0.478 e. The van der Waals surface area contributed by atoms with Crippen LogP contribution in [0.3, 0.4) is 0 Å². The highest BCUT2D eigenvalue weighted by molar-refractivity contribution is 7.48. The van der Waals surface area contributed by atoms with Crippen molar-refractivity contribution in [3.8, 4) is 0 Å². The first-order chi connectivity index (χ1) is 21.5. The van der Waals surface area contributed by atoms with Crippen LogP contribution in [-0.2, 0) is 53.3 Å². The summed E-state index contributed by atoms with van der Waals surface area (Å²) in [7, 11) is -3.09. The van der Waals surface area contributed by atoms with Crippen molar-refractivity contribution in [1.29, 1.82) is 0 Å². The first-order valence-electron chi connectivity index (χ1n) is 14.6. The maximum Gasteiger partial charge on any atom is 0.478 e. The fourth-order valence-corrected chi connectivity index (χ4v) is 5.43. The summed E-state index contributed by atoms with van der Waals surface area (Å²) in [5, 5.41) is 10.3. The summed E-state index contributed by atoms with van der Waals surface area (Å²) in [5.41, 5.74) is -1.13. The van der Waals surface area contributed by atoms with E-state index < -0.39 is 67.7 Å². The van der Waals surface area contributed by atoms with Crippen molar-refractivity contribution in [3.63, 3.8) is 0 Å². The van der Waals surface area contributed by atoms with Crippen LogP contribution in [0.2, 0.25) is 0 Å². The maximum absolute atomic E-state index is 13.0. The summed E-state index contributed by atoms with van der Waals surface area (Å²) in [5.74, 6) is -1.92. The number of phosphoric ester groups is 1. The minimum Gasteiger partial charge on any atom is -0.469 e. The van der Waals surface area contributed by atoms with Crippen LogP contribution in [0.5, 0.6) is 0 Å². The molecular weight excluding hydrogens is 627 g/mol. The molecule has 0 saturated carbocycles. The monoisotopic (exact) mass is 672 g/mol. The summed E-state index contributed by atoms with van der Waals surface area (Å²) in [6.45, 7) is 9.02. The molecule has 1 aromatic carbocycles. The van der Waals surface area contributed by atoms with E-state index in [1.165, 1.54) is 7.11 Å². The number of amides is 4. The number of rotatable bonds is 15. The molecule has 0 aromatic heterocycles. The SMILES string of the molecule is COC(=O)CCNC(=O)[C@@H]1OP(=O)(OCOC(=O)NC(C)(C)CNC(=O)[C@@H](NC(=O)OCc2ccccc2)C(C)C)OCC1(C)C. The number of esters is 1. The molecule has 1 fully saturated rings. The Labute approximate surface area is 268 Å². The van der Waals surface area contributed by atoms with Crippen LogP contribution in [0.25, 0.3) is 0 Å². The van der Waals surface area contributed by atoms with Gasteiger partial charge in [-0.25, -0.2) is 18.7 Å². The topological polar surface area (TPSA) is 206 Å². The van der Waals surface area contributed by atoms with Gasteiger partial charge in [0.1, 0.15) is 12.6 Å². The van der Waals surface area contributed by atoms with E-state index in [4.69, 9.17) is 23.0 Å². The van der Waals surface area contributed by atoms with Crippen molar-refractivity contribution in [3.05, 3.63) is 35.9 Å². The van der Waals surface area contributed by atoms with Crippen LogP contribution in [0.4, 0.5) is 9.59 Å². The number of alkyl carbamates (subject to hydrolysis) is 2. The lowest BCUT2D eigenvalue weighted by molar-refractivity contribution is -0.144. The second kappa shape index (κ2) is 17.3. The molecule has 1 heterocycles. The molecule has 46 heavy (non-hydrogen) atoms. The smallest absolute Gasteiger partial charge is 0.469 e. The molecule has 4 amide bonds. The highest BCUT2D eigenvalue weighted by Crippen LogP contribution is 2.57. The minimum absolute atomic E-state index is 0.0249. The van der Waals surface area contributed by atoms with Gasteiger partial charge in [0, 0.05) is 18.5 Å². The highest BCUT2D eigenvalue weighted by atomic mass is 31.2. The predicted molar refractivity (Wildman–Crippen MR) is 163 cm³/mol. The third-order valence-corrected chi connectivity index (χ3v) is 7.95. The molecular formula is C29H45N4O12P. The Morgan fingerprint density at radius 1 is 1.04 bits per heavy atom. The molecule has 0 radical (unpaired) electrons. The van der Waals surface area contributed by atoms with Gasteiger partial charge in [-0.3, -0.25) is 23.4 Å². The normalized spacial score (nSPS) is 19.7. The molecule has 3 atom stereocenters. The fourth-order valence-electron chi connectivity index (χ4n) is 3.92. The number of benzene rings is 1. The van der Waals surface area contributed by atoms with E-state index in [0.717, 1.165) is 5.56 Å². The number of nitrogens with one attached hydrogen (secondary N) is 4. The maximum atomic E-state index is 13.0. The zero-order chi connectivity index (χ0) is 34.5. The van der Waals surface area contributed by atoms with Crippen molar-refractivity contribution in [2.45, 2.75) is 72.3 Å². The van der Waals surface area contributed by atoms with Crippen LogP contribution >= 0.6 is 7.82 Å². The summed E-state index contributed by atoms with van der Waals surface area (Å²) in [4.78, 5) is 61.6. The zero-order valence-electron chi connectivity index (χ0n) is 27.2. The first-order valence-corrected chi connectivity index (χ1v) is 16.0. The van der Waals surface area contributed by atoms with Gasteiger partial charge in [-0.15, -0.1) is 0 Å². The Morgan fingerprint density at radius 2 is 1.72 bits per heavy atom. The minimum atomic E-state index is -4.31. The van der Waals surface area contributed by atoms with E-state index >= 15 is 0 Å². The van der Waals surface area contributed by atoms with Crippen LogP contribution in [0.1, 0.15) is 53.5 Å². The highest BCUT2D eigenvalue weighted by Gasteiger charge is 2.49. The van der Waals surface area contributed by atoms with Gasteiger partial charge in [-0.1, -0.05) is 58.0 Å². The van der Waals surface area contributed by atoms with E-state index in [-0.39, 0.29) is 38.6 Å². The predicted octanol–water partition coefficient (Wildman–Crippen LogP) is 2.76. The second-order valence-electron chi connectivity index (χ2n) is 12.1. The Balaban J connectivity index is 1.81. The molecule has 1 aromatic rings. The van der Waals surface area contributed by atoms with Gasteiger partial charge < -0.3 is 35.5 Å². The van der Waals surface area contributed by atoms with E-state index in [9.17, 15) is 28.5 Å². The summed E-state index contributed by atoms with van der Waals surface area (Å²) >= 11 is 0. The molecule has 0 spiro atoms. The van der Waals surface area contributed by atoms with Gasteiger partial charge in [0.25, 0.3) is 0 Å². The van der Waals surface area contributed by atoms with Gasteiger partial charge in [-0.2, -0.15) is 0 Å². The quantitative estimate of drug-likeness (QED) is 0.0919. The third kappa shape index (κ3) is 12.9. The molecule has 1 unspecified atom stereocenters. The Morgan fingerprint density at radius 3 is 2.35 bits per heavy atom. The van der Waals surface area contributed by atoms with Gasteiger partial charge in [0.2, 0.25) is 18.6 Å². The van der Waals surface area contributed by atoms with E-state index in [0.29, 0.717) is 0 Å². The molecule has 1 aliphatic rings. The number of hydrogen-bond acceptors (Lipinski definition) is 12. The van der Waals surface area contributed by atoms with Crippen LogP contribution in [0, 0.1) is 11.3 Å². The van der Waals surface area contributed by atoms with E-state index in [1.54, 1.807) is 53.7 Å². The molecule has 0 bridgehead atoms. The lowest BCUT2D eigenvalue weighted by Crippen LogP contribution is -2.56. The van der Waals surface area contributed by atoms with E-state index in [1.807, 2.05) is 18.2 Å². The first kappa shape index (κ1) is 38.5. The van der Waals surface area contributed by atoms with Gasteiger partial charge in [0.15, 0.2) is 6.10 Å². The lowest BCUT2D eigenvalue weighted by Gasteiger charge is -2.39. The molecule has 4 N–H and O–H groups in total. The standard InChI is InChI=1S/C29H45N4O12P/c1-19(2)22(32-26(37)41-15-20-11-9-8-10-12-20)24(35)31-16-29(5,6)33-27(38)42-18-44-46(39)43-17-28(3,4)23(45-46)25(36)30-14-13-21(34)40-7/h8-12,19,22-23H,13-18H2,1-7H3,(H,30,36)(H,31,35)(H,32,37)(H,33,38)/t22-,23-,46?/m0/s1. The number of carbonyl (C=O) groups excluding carboxylic acids is 5. The van der Waals surface area contributed by atoms with E-state index in [2.05, 4.69) is 26.0 Å². The third-order valence-electron chi connectivity index (χ3n) is 6.61. The number of phosphoric acid groups is 1. The van der Waals surface area contributed by atoms with Gasteiger partial charge >= 0.3 is 26.0 Å². The molecule has 258 valence electrons. The van der Waals surface area contributed by atoms with Crippen molar-refractivity contribution in [2.24, 2.45) is 11.3 Å².